The van der Waals surface area contributed by atoms with Crippen LogP contribution in [-0.2, 0) is 9.53 Å². The number of hydrogen-bond acceptors (Lipinski definition) is 6. The molecule has 0 aromatic heterocycles. The van der Waals surface area contributed by atoms with Crippen molar-refractivity contribution in [2.75, 3.05) is 6.61 Å². The summed E-state index contributed by atoms with van der Waals surface area (Å²) in [4.78, 5) is 35.4. The number of hydrogen-bond donors (Lipinski definition) is 0. The topological polar surface area (TPSA) is 78.9 Å². The number of ether oxygens (including phenoxy) is 3. The third-order valence-corrected chi connectivity index (χ3v) is 5.38. The number of esters is 3. The van der Waals surface area contributed by atoms with Gasteiger partial charge in [0.2, 0.25) is 0 Å². The van der Waals surface area contributed by atoms with Crippen molar-refractivity contribution in [3.05, 3.63) is 59.7 Å². The molecule has 0 aliphatic carbocycles. The fraction of sp³-hybridized carbons (Fsp3) is 0.464. The molecule has 2 rings (SSSR count). The van der Waals surface area contributed by atoms with Crippen LogP contribution in [0.4, 0.5) is 0 Å². The van der Waals surface area contributed by atoms with Gasteiger partial charge in [0.15, 0.2) is 0 Å². The minimum Gasteiger partial charge on any atom is -0.462 e. The summed E-state index contributed by atoms with van der Waals surface area (Å²) < 4.78 is 15.6. The summed E-state index contributed by atoms with van der Waals surface area (Å²) in [5.41, 5.74) is 0.730. The fourth-order valence-electron chi connectivity index (χ4n) is 3.49. The highest BCUT2D eigenvalue weighted by atomic mass is 16.5. The highest BCUT2D eigenvalue weighted by Crippen LogP contribution is 2.18. The fourth-order valence-corrected chi connectivity index (χ4v) is 3.49. The van der Waals surface area contributed by atoms with Crippen molar-refractivity contribution in [1.29, 1.82) is 0 Å². The number of carbonyl (C=O) groups excluding carboxylic acids is 3. The SMILES string of the molecule is CCCCCCCCCCCCOC(=O)c1ccc(OC(=O)c2ccc(OC(C)=O)cc2)cc1. The number of benzene rings is 2. The van der Waals surface area contributed by atoms with Gasteiger partial charge in [0, 0.05) is 6.92 Å². The Morgan fingerprint density at radius 2 is 1.03 bits per heavy atom. The van der Waals surface area contributed by atoms with Crippen LogP contribution in [0, 0.1) is 0 Å². The molecule has 2 aromatic rings. The van der Waals surface area contributed by atoms with E-state index >= 15 is 0 Å². The molecule has 0 aliphatic rings. The first-order valence-electron chi connectivity index (χ1n) is 12.3. The average Bonchev–Trinajstić information content (AvgIpc) is 2.83. The second-order valence-electron chi connectivity index (χ2n) is 8.35. The van der Waals surface area contributed by atoms with E-state index in [0.29, 0.717) is 29.2 Å². The van der Waals surface area contributed by atoms with Crippen molar-refractivity contribution in [3.63, 3.8) is 0 Å². The molecule has 0 bridgehead atoms. The molecule has 0 radical (unpaired) electrons. The highest BCUT2D eigenvalue weighted by Gasteiger charge is 2.11. The first-order chi connectivity index (χ1) is 16.5. The van der Waals surface area contributed by atoms with Gasteiger partial charge in [-0.1, -0.05) is 64.7 Å². The van der Waals surface area contributed by atoms with Gasteiger partial charge in [-0.2, -0.15) is 0 Å². The van der Waals surface area contributed by atoms with Crippen molar-refractivity contribution >= 4 is 17.9 Å². The molecule has 0 saturated carbocycles. The van der Waals surface area contributed by atoms with Crippen LogP contribution < -0.4 is 9.47 Å². The first-order valence-corrected chi connectivity index (χ1v) is 12.3. The molecule has 0 saturated heterocycles. The Hall–Kier alpha value is -3.15. The van der Waals surface area contributed by atoms with Crippen LogP contribution >= 0.6 is 0 Å². The van der Waals surface area contributed by atoms with Gasteiger partial charge in [0.05, 0.1) is 17.7 Å². The molecule has 0 heterocycles. The van der Waals surface area contributed by atoms with Crippen LogP contribution in [0.1, 0.15) is 98.8 Å². The maximum absolute atomic E-state index is 12.3. The molecule has 0 fully saturated rings. The second-order valence-corrected chi connectivity index (χ2v) is 8.35. The smallest absolute Gasteiger partial charge is 0.343 e. The van der Waals surface area contributed by atoms with Crippen molar-refractivity contribution in [1.82, 2.24) is 0 Å². The summed E-state index contributed by atoms with van der Waals surface area (Å²) in [6.45, 7) is 3.95. The van der Waals surface area contributed by atoms with Crippen molar-refractivity contribution in [2.45, 2.75) is 78.1 Å². The molecule has 0 aliphatic heterocycles. The van der Waals surface area contributed by atoms with Crippen LogP contribution in [0.2, 0.25) is 0 Å². The van der Waals surface area contributed by atoms with Gasteiger partial charge >= 0.3 is 17.9 Å². The number of unbranched alkanes of at least 4 members (excludes halogenated alkanes) is 9. The summed E-state index contributed by atoms with van der Waals surface area (Å²) in [5, 5.41) is 0. The van der Waals surface area contributed by atoms with Gasteiger partial charge in [-0.05, 0) is 55.0 Å². The normalized spacial score (nSPS) is 10.5. The number of rotatable bonds is 15. The number of carbonyl (C=O) groups is 3. The van der Waals surface area contributed by atoms with E-state index in [9.17, 15) is 14.4 Å². The quantitative estimate of drug-likeness (QED) is 0.161. The maximum Gasteiger partial charge on any atom is 0.343 e. The van der Waals surface area contributed by atoms with Crippen molar-refractivity contribution < 1.29 is 28.6 Å². The molecule has 6 nitrogen and oxygen atoms in total. The monoisotopic (exact) mass is 468 g/mol. The molecule has 184 valence electrons. The van der Waals surface area contributed by atoms with E-state index in [4.69, 9.17) is 14.2 Å². The standard InChI is InChI=1S/C28H36O6/c1-3-4-5-6-7-8-9-10-11-12-21-32-27(30)23-13-19-26(20-14-23)34-28(31)24-15-17-25(18-16-24)33-22(2)29/h13-20H,3-12,21H2,1-2H3. The Morgan fingerprint density at radius 1 is 0.588 bits per heavy atom. The molecule has 0 spiro atoms. The Kier molecular flexibility index (Phi) is 12.5. The van der Waals surface area contributed by atoms with Gasteiger partial charge in [0.1, 0.15) is 11.5 Å². The Morgan fingerprint density at radius 3 is 1.53 bits per heavy atom. The summed E-state index contributed by atoms with van der Waals surface area (Å²) in [5.74, 6) is -0.692. The summed E-state index contributed by atoms with van der Waals surface area (Å²) in [6, 6.07) is 12.3. The first kappa shape index (κ1) is 27.1. The van der Waals surface area contributed by atoms with Gasteiger partial charge in [-0.15, -0.1) is 0 Å². The zero-order valence-corrected chi connectivity index (χ0v) is 20.3. The Bertz CT molecular complexity index is 886. The van der Waals surface area contributed by atoms with Gasteiger partial charge in [-0.3, -0.25) is 4.79 Å². The summed E-state index contributed by atoms with van der Waals surface area (Å²) in [6.07, 6.45) is 12.3. The largest absolute Gasteiger partial charge is 0.462 e. The van der Waals surface area contributed by atoms with Crippen LogP contribution in [-0.4, -0.2) is 24.5 Å². The van der Waals surface area contributed by atoms with Crippen molar-refractivity contribution in [2.24, 2.45) is 0 Å². The lowest BCUT2D eigenvalue weighted by atomic mass is 10.1. The Balaban J connectivity index is 1.64. The minimum atomic E-state index is -0.550. The molecule has 0 atom stereocenters. The lowest BCUT2D eigenvalue weighted by Gasteiger charge is -2.07. The van der Waals surface area contributed by atoms with E-state index in [1.54, 1.807) is 24.3 Å². The van der Waals surface area contributed by atoms with E-state index < -0.39 is 11.9 Å². The third kappa shape index (κ3) is 10.6. The van der Waals surface area contributed by atoms with Crippen LogP contribution in [0.25, 0.3) is 0 Å². The predicted octanol–water partition coefficient (Wildman–Crippen LogP) is 6.91. The molecule has 6 heteroatoms. The summed E-state index contributed by atoms with van der Waals surface area (Å²) >= 11 is 0. The minimum absolute atomic E-state index is 0.316. The van der Waals surface area contributed by atoms with Gasteiger partial charge < -0.3 is 14.2 Å². The lowest BCUT2D eigenvalue weighted by Crippen LogP contribution is -2.09. The molecule has 34 heavy (non-hydrogen) atoms. The molecule has 0 unspecified atom stereocenters. The molecular weight excluding hydrogens is 432 g/mol. The second kappa shape index (κ2) is 15.6. The van der Waals surface area contributed by atoms with Gasteiger partial charge in [0.25, 0.3) is 0 Å². The van der Waals surface area contributed by atoms with E-state index in [2.05, 4.69) is 6.92 Å². The zero-order valence-electron chi connectivity index (χ0n) is 20.3. The highest BCUT2D eigenvalue weighted by molar-refractivity contribution is 5.92. The average molecular weight is 469 g/mol. The van der Waals surface area contributed by atoms with Crippen molar-refractivity contribution in [3.8, 4) is 11.5 Å². The Labute approximate surface area is 202 Å². The third-order valence-electron chi connectivity index (χ3n) is 5.38. The van der Waals surface area contributed by atoms with Crippen LogP contribution in [0.15, 0.2) is 48.5 Å². The predicted molar refractivity (Wildman–Crippen MR) is 131 cm³/mol. The van der Waals surface area contributed by atoms with E-state index in [1.165, 1.54) is 82.6 Å². The van der Waals surface area contributed by atoms with Crippen LogP contribution in [0.5, 0.6) is 11.5 Å². The van der Waals surface area contributed by atoms with Gasteiger partial charge in [-0.25, -0.2) is 9.59 Å². The van der Waals surface area contributed by atoms with E-state index in [0.717, 1.165) is 12.8 Å². The van der Waals surface area contributed by atoms with E-state index in [-0.39, 0.29) is 5.97 Å². The molecule has 0 N–H and O–H groups in total. The summed E-state index contributed by atoms with van der Waals surface area (Å²) in [7, 11) is 0. The zero-order chi connectivity index (χ0) is 24.6. The maximum atomic E-state index is 12.3. The molecule has 2 aromatic carbocycles. The van der Waals surface area contributed by atoms with Crippen LogP contribution in [0.3, 0.4) is 0 Å². The van der Waals surface area contributed by atoms with E-state index in [1.807, 2.05) is 0 Å². The molecular formula is C28H36O6. The molecule has 0 amide bonds. The lowest BCUT2D eigenvalue weighted by molar-refractivity contribution is -0.131.